The van der Waals surface area contributed by atoms with Crippen LogP contribution in [0.5, 0.6) is 0 Å². The fourth-order valence-electron chi connectivity index (χ4n) is 4.63. The molecule has 7 nitrogen and oxygen atoms in total. The van der Waals surface area contributed by atoms with Gasteiger partial charge < -0.3 is 10.2 Å². The zero-order chi connectivity index (χ0) is 31.9. The predicted molar refractivity (Wildman–Crippen MR) is 172 cm³/mol. The van der Waals surface area contributed by atoms with Gasteiger partial charge in [-0.05, 0) is 67.4 Å². The third kappa shape index (κ3) is 8.37. The number of carbonyl (C=O) groups is 2. The van der Waals surface area contributed by atoms with Gasteiger partial charge in [-0.15, -0.1) is 0 Å². The lowest BCUT2D eigenvalue weighted by atomic mass is 10.0. The summed E-state index contributed by atoms with van der Waals surface area (Å²) in [6.45, 7) is 2.82. The van der Waals surface area contributed by atoms with Crippen molar-refractivity contribution in [2.24, 2.45) is 0 Å². The Morgan fingerprint density at radius 3 is 2.07 bits per heavy atom. The predicted octanol–water partition coefficient (Wildman–Crippen LogP) is 6.49. The number of carbonyl (C=O) groups excluding carboxylic acids is 2. The lowest BCUT2D eigenvalue weighted by molar-refractivity contribution is -0.140. The highest BCUT2D eigenvalue weighted by Gasteiger charge is 2.35. The third-order valence-corrected chi connectivity index (χ3v) is 9.08. The fourth-order valence-corrected chi connectivity index (χ4v) is 6.51. The van der Waals surface area contributed by atoms with E-state index in [4.69, 9.17) is 23.2 Å². The standard InChI is InChI=1S/C33H32Cl2FN3O4S/c1-23(2)37-33(41)31(19-24-9-5-3-6-10-24)38(21-25-13-16-27(36)17-14-25)32(40)22-39(30-20-26(34)15-18-29(30)35)44(42,43)28-11-7-4-8-12-28/h3-18,20,23,31H,19,21-22H2,1-2H3,(H,37,41)/t31-/m0/s1. The van der Waals surface area contributed by atoms with Crippen molar-refractivity contribution < 1.29 is 22.4 Å². The van der Waals surface area contributed by atoms with E-state index in [-0.39, 0.29) is 39.6 Å². The van der Waals surface area contributed by atoms with Gasteiger partial charge in [0.25, 0.3) is 10.0 Å². The maximum absolute atomic E-state index is 14.4. The Labute approximate surface area is 267 Å². The number of anilines is 1. The van der Waals surface area contributed by atoms with Gasteiger partial charge in [-0.1, -0.05) is 83.9 Å². The quantitative estimate of drug-likeness (QED) is 0.189. The summed E-state index contributed by atoms with van der Waals surface area (Å²) in [5.74, 6) is -1.55. The van der Waals surface area contributed by atoms with Crippen LogP contribution in [0.25, 0.3) is 0 Å². The van der Waals surface area contributed by atoms with Crippen LogP contribution >= 0.6 is 23.2 Å². The lowest BCUT2D eigenvalue weighted by Gasteiger charge is -2.34. The molecule has 0 aromatic heterocycles. The Bertz CT molecular complexity index is 1690. The summed E-state index contributed by atoms with van der Waals surface area (Å²) < 4.78 is 42.7. The molecular weight excluding hydrogens is 624 g/mol. The molecule has 0 bridgehead atoms. The van der Waals surface area contributed by atoms with Crippen LogP contribution in [0.15, 0.2) is 108 Å². The number of rotatable bonds is 12. The van der Waals surface area contributed by atoms with E-state index >= 15 is 0 Å². The molecule has 0 aliphatic carbocycles. The highest BCUT2D eigenvalue weighted by Crippen LogP contribution is 2.33. The lowest BCUT2D eigenvalue weighted by Crippen LogP contribution is -2.54. The minimum atomic E-state index is -4.33. The van der Waals surface area contributed by atoms with Crippen LogP contribution in [-0.4, -0.2) is 43.8 Å². The molecule has 4 rings (SSSR count). The summed E-state index contributed by atoms with van der Waals surface area (Å²) in [6.07, 6.45) is 0.148. The molecule has 4 aromatic rings. The molecule has 0 radical (unpaired) electrons. The van der Waals surface area contributed by atoms with Crippen molar-refractivity contribution in [2.75, 3.05) is 10.8 Å². The average molecular weight is 657 g/mol. The Kier molecular flexibility index (Phi) is 11.0. The van der Waals surface area contributed by atoms with E-state index in [0.717, 1.165) is 9.87 Å². The van der Waals surface area contributed by atoms with E-state index in [9.17, 15) is 22.4 Å². The molecule has 1 N–H and O–H groups in total. The first kappa shape index (κ1) is 33.0. The monoisotopic (exact) mass is 655 g/mol. The first-order valence-corrected chi connectivity index (χ1v) is 16.1. The molecule has 44 heavy (non-hydrogen) atoms. The molecule has 0 unspecified atom stereocenters. The normalized spacial score (nSPS) is 12.0. The van der Waals surface area contributed by atoms with Crippen LogP contribution in [0.2, 0.25) is 10.0 Å². The smallest absolute Gasteiger partial charge is 0.264 e. The maximum atomic E-state index is 14.4. The molecule has 0 aliphatic rings. The Morgan fingerprint density at radius 1 is 0.841 bits per heavy atom. The topological polar surface area (TPSA) is 86.8 Å². The van der Waals surface area contributed by atoms with Crippen molar-refractivity contribution >= 4 is 50.7 Å². The molecule has 230 valence electrons. The second-order valence-electron chi connectivity index (χ2n) is 10.4. The van der Waals surface area contributed by atoms with Gasteiger partial charge in [-0.2, -0.15) is 0 Å². The van der Waals surface area contributed by atoms with Gasteiger partial charge in [0.2, 0.25) is 11.8 Å². The molecule has 1 atom stereocenters. The van der Waals surface area contributed by atoms with Gasteiger partial charge in [0.1, 0.15) is 18.4 Å². The molecule has 0 spiro atoms. The summed E-state index contributed by atoms with van der Waals surface area (Å²) in [6, 6.07) is 25.4. The molecule has 0 heterocycles. The van der Waals surface area contributed by atoms with E-state index in [1.165, 1.54) is 59.5 Å². The zero-order valence-corrected chi connectivity index (χ0v) is 26.5. The summed E-state index contributed by atoms with van der Waals surface area (Å²) in [4.78, 5) is 29.3. The number of hydrogen-bond acceptors (Lipinski definition) is 4. The van der Waals surface area contributed by atoms with Gasteiger partial charge in [-0.25, -0.2) is 12.8 Å². The molecule has 4 aromatic carbocycles. The van der Waals surface area contributed by atoms with Crippen molar-refractivity contribution in [3.8, 4) is 0 Å². The van der Waals surface area contributed by atoms with Crippen molar-refractivity contribution in [3.05, 3.63) is 130 Å². The highest BCUT2D eigenvalue weighted by atomic mass is 35.5. The van der Waals surface area contributed by atoms with Gasteiger partial charge >= 0.3 is 0 Å². The number of benzene rings is 4. The van der Waals surface area contributed by atoms with E-state index < -0.39 is 40.2 Å². The summed E-state index contributed by atoms with van der Waals surface area (Å²) in [7, 11) is -4.33. The van der Waals surface area contributed by atoms with E-state index in [2.05, 4.69) is 5.32 Å². The van der Waals surface area contributed by atoms with Crippen molar-refractivity contribution in [1.29, 1.82) is 0 Å². The number of nitrogens with one attached hydrogen (secondary N) is 1. The van der Waals surface area contributed by atoms with Crippen molar-refractivity contribution in [3.63, 3.8) is 0 Å². The van der Waals surface area contributed by atoms with Crippen LogP contribution in [0, 0.1) is 5.82 Å². The molecule has 11 heteroatoms. The van der Waals surface area contributed by atoms with E-state index in [1.54, 1.807) is 32.0 Å². The largest absolute Gasteiger partial charge is 0.352 e. The van der Waals surface area contributed by atoms with E-state index in [1.807, 2.05) is 30.3 Å². The summed E-state index contributed by atoms with van der Waals surface area (Å²) >= 11 is 12.7. The molecule has 0 fully saturated rings. The summed E-state index contributed by atoms with van der Waals surface area (Å²) in [5, 5.41) is 3.16. The van der Waals surface area contributed by atoms with Gasteiger partial charge in [0.05, 0.1) is 15.6 Å². The van der Waals surface area contributed by atoms with E-state index in [0.29, 0.717) is 5.56 Å². The molecule has 0 saturated heterocycles. The highest BCUT2D eigenvalue weighted by molar-refractivity contribution is 7.92. The van der Waals surface area contributed by atoms with Crippen LogP contribution in [0.1, 0.15) is 25.0 Å². The van der Waals surface area contributed by atoms with Crippen LogP contribution in [-0.2, 0) is 32.6 Å². The summed E-state index contributed by atoms with van der Waals surface area (Å²) in [5.41, 5.74) is 1.35. The van der Waals surface area contributed by atoms with Gasteiger partial charge in [-0.3, -0.25) is 13.9 Å². The number of nitrogens with zero attached hydrogens (tertiary/aromatic N) is 2. The number of hydrogen-bond donors (Lipinski definition) is 1. The first-order chi connectivity index (χ1) is 21.0. The average Bonchev–Trinajstić information content (AvgIpc) is 3.00. The number of sulfonamides is 1. The van der Waals surface area contributed by atoms with Crippen LogP contribution in [0.4, 0.5) is 10.1 Å². The number of halogens is 3. The molecular formula is C33H32Cl2FN3O4S. The SMILES string of the molecule is CC(C)NC(=O)[C@H](Cc1ccccc1)N(Cc1ccc(F)cc1)C(=O)CN(c1cc(Cl)ccc1Cl)S(=O)(=O)c1ccccc1. The second-order valence-corrected chi connectivity index (χ2v) is 13.1. The molecule has 0 aliphatic heterocycles. The fraction of sp³-hybridized carbons (Fsp3) is 0.212. The zero-order valence-electron chi connectivity index (χ0n) is 24.2. The molecule has 0 saturated carbocycles. The van der Waals surface area contributed by atoms with Crippen molar-refractivity contribution in [2.45, 2.75) is 43.8 Å². The first-order valence-electron chi connectivity index (χ1n) is 13.9. The minimum absolute atomic E-state index is 0.00402. The van der Waals surface area contributed by atoms with Crippen molar-refractivity contribution in [1.82, 2.24) is 10.2 Å². The Morgan fingerprint density at radius 2 is 1.45 bits per heavy atom. The minimum Gasteiger partial charge on any atom is -0.352 e. The van der Waals surface area contributed by atoms with Crippen LogP contribution < -0.4 is 9.62 Å². The van der Waals surface area contributed by atoms with Gasteiger partial charge in [0.15, 0.2) is 0 Å². The second kappa shape index (κ2) is 14.7. The van der Waals surface area contributed by atoms with Gasteiger partial charge in [0, 0.05) is 24.0 Å². The number of amides is 2. The third-order valence-electron chi connectivity index (χ3n) is 6.76. The van der Waals surface area contributed by atoms with Crippen LogP contribution in [0.3, 0.4) is 0 Å². The maximum Gasteiger partial charge on any atom is 0.264 e. The Hall–Kier alpha value is -3.92. The molecule has 2 amide bonds. The Balaban J connectivity index is 1.82.